The molecule has 0 atom stereocenters. The second-order valence-electron chi connectivity index (χ2n) is 7.43. The molecule has 0 heterocycles. The molecule has 160 valence electrons. The molecule has 0 radical (unpaired) electrons. The lowest BCUT2D eigenvalue weighted by molar-refractivity contribution is -0.115. The Morgan fingerprint density at radius 1 is 1.03 bits per heavy atom. The molecular formula is C22H25FN2O4S. The average molecular weight is 433 g/mol. The number of nitrogens with one attached hydrogen (secondary N) is 2. The molecule has 8 heteroatoms. The summed E-state index contributed by atoms with van der Waals surface area (Å²) in [6, 6.07) is 12.5. The van der Waals surface area contributed by atoms with Crippen LogP contribution in [0.25, 0.3) is 0 Å². The molecule has 3 rings (SSSR count). The van der Waals surface area contributed by atoms with Gasteiger partial charge in [-0.25, -0.2) is 12.8 Å². The van der Waals surface area contributed by atoms with Crippen molar-refractivity contribution >= 4 is 27.3 Å². The maximum atomic E-state index is 13.7. The van der Waals surface area contributed by atoms with Crippen LogP contribution in [0.1, 0.15) is 48.0 Å². The lowest BCUT2D eigenvalue weighted by atomic mass is 10.1. The van der Waals surface area contributed by atoms with Gasteiger partial charge in [0, 0.05) is 29.8 Å². The number of carbonyl (C=O) groups is 2. The summed E-state index contributed by atoms with van der Waals surface area (Å²) >= 11 is 0. The number of halogens is 1. The Kier molecular flexibility index (Phi) is 7.20. The molecule has 1 fully saturated rings. The van der Waals surface area contributed by atoms with Crippen molar-refractivity contribution in [3.8, 4) is 0 Å². The Morgan fingerprint density at radius 3 is 2.50 bits per heavy atom. The van der Waals surface area contributed by atoms with E-state index in [0.717, 1.165) is 12.8 Å². The summed E-state index contributed by atoms with van der Waals surface area (Å²) in [4.78, 5) is 24.5. The summed E-state index contributed by atoms with van der Waals surface area (Å²) < 4.78 is 38.2. The number of hydrogen-bond donors (Lipinski definition) is 2. The highest BCUT2D eigenvalue weighted by Crippen LogP contribution is 2.25. The first-order valence-electron chi connectivity index (χ1n) is 9.98. The van der Waals surface area contributed by atoms with Crippen LogP contribution >= 0.6 is 0 Å². The topological polar surface area (TPSA) is 92.3 Å². The van der Waals surface area contributed by atoms with Gasteiger partial charge in [-0.1, -0.05) is 37.1 Å². The summed E-state index contributed by atoms with van der Waals surface area (Å²) in [5, 5.41) is 4.95. The predicted octanol–water partition coefficient (Wildman–Crippen LogP) is 3.44. The third kappa shape index (κ3) is 5.89. The van der Waals surface area contributed by atoms with Crippen LogP contribution in [-0.4, -0.2) is 31.2 Å². The van der Waals surface area contributed by atoms with Gasteiger partial charge in [-0.15, -0.1) is 0 Å². The Morgan fingerprint density at radius 2 is 1.77 bits per heavy atom. The maximum absolute atomic E-state index is 13.7. The second kappa shape index (κ2) is 9.84. The number of carbonyl (C=O) groups excluding carboxylic acids is 2. The van der Waals surface area contributed by atoms with Gasteiger partial charge in [-0.2, -0.15) is 0 Å². The average Bonchev–Trinajstić information content (AvgIpc) is 3.28. The minimum absolute atomic E-state index is 0.0428. The number of rotatable bonds is 8. The van der Waals surface area contributed by atoms with Crippen LogP contribution in [0.4, 0.5) is 10.1 Å². The molecule has 6 nitrogen and oxygen atoms in total. The molecule has 2 aromatic rings. The molecule has 2 aromatic carbocycles. The molecular weight excluding hydrogens is 407 g/mol. The molecule has 0 unspecified atom stereocenters. The van der Waals surface area contributed by atoms with Crippen molar-refractivity contribution in [2.75, 3.05) is 11.1 Å². The van der Waals surface area contributed by atoms with E-state index in [-0.39, 0.29) is 24.0 Å². The Hall–Kier alpha value is -2.74. The van der Waals surface area contributed by atoms with Gasteiger partial charge in [-0.3, -0.25) is 9.59 Å². The van der Waals surface area contributed by atoms with Crippen molar-refractivity contribution in [2.24, 2.45) is 0 Å². The van der Waals surface area contributed by atoms with Crippen LogP contribution in [0.15, 0.2) is 48.5 Å². The fourth-order valence-corrected chi connectivity index (χ4v) is 5.38. The minimum atomic E-state index is -3.26. The first-order valence-corrected chi connectivity index (χ1v) is 11.7. The van der Waals surface area contributed by atoms with Crippen molar-refractivity contribution in [1.82, 2.24) is 5.32 Å². The third-order valence-electron chi connectivity index (χ3n) is 5.23. The minimum Gasteiger partial charge on any atom is -0.348 e. The standard InChI is InChI=1S/C22H25FN2O4S/c23-20-11-4-1-6-17(20)15-24-22(27)16-7-5-8-18(14-16)25-21(26)12-13-30(28,29)19-9-2-3-10-19/h1,4-8,11,14,19H,2-3,9-10,12-13,15H2,(H,24,27)(H,25,26). The van der Waals surface area contributed by atoms with Crippen molar-refractivity contribution in [2.45, 2.75) is 43.9 Å². The van der Waals surface area contributed by atoms with E-state index in [1.807, 2.05) is 0 Å². The van der Waals surface area contributed by atoms with Crippen LogP contribution in [0.2, 0.25) is 0 Å². The fourth-order valence-electron chi connectivity index (χ4n) is 3.53. The summed E-state index contributed by atoms with van der Waals surface area (Å²) in [6.07, 6.45) is 3.06. The first kappa shape index (κ1) is 22.0. The third-order valence-corrected chi connectivity index (χ3v) is 7.49. The molecule has 30 heavy (non-hydrogen) atoms. The molecule has 1 aliphatic rings. The van der Waals surface area contributed by atoms with Crippen molar-refractivity contribution < 1.29 is 22.4 Å². The first-order chi connectivity index (χ1) is 14.3. The largest absolute Gasteiger partial charge is 0.348 e. The lowest BCUT2D eigenvalue weighted by Gasteiger charge is -2.11. The zero-order valence-electron chi connectivity index (χ0n) is 16.6. The van der Waals surface area contributed by atoms with Crippen LogP contribution in [0, 0.1) is 5.82 Å². The van der Waals surface area contributed by atoms with Gasteiger partial charge in [0.2, 0.25) is 5.91 Å². The van der Waals surface area contributed by atoms with Crippen molar-refractivity contribution in [3.05, 3.63) is 65.5 Å². The van der Waals surface area contributed by atoms with Gasteiger partial charge in [0.05, 0.1) is 11.0 Å². The van der Waals surface area contributed by atoms with Crippen molar-refractivity contribution in [3.63, 3.8) is 0 Å². The van der Waals surface area contributed by atoms with Crippen LogP contribution in [0.5, 0.6) is 0 Å². The van der Waals surface area contributed by atoms with E-state index >= 15 is 0 Å². The highest BCUT2D eigenvalue weighted by molar-refractivity contribution is 7.92. The summed E-state index contributed by atoms with van der Waals surface area (Å²) in [5.41, 5.74) is 1.08. The second-order valence-corrected chi connectivity index (χ2v) is 9.83. The number of benzene rings is 2. The van der Waals surface area contributed by atoms with E-state index in [2.05, 4.69) is 10.6 Å². The summed E-state index contributed by atoms with van der Waals surface area (Å²) in [6.45, 7) is 0.0428. The number of hydrogen-bond acceptors (Lipinski definition) is 4. The van der Waals surface area contributed by atoms with E-state index in [9.17, 15) is 22.4 Å². The quantitative estimate of drug-likeness (QED) is 0.668. The van der Waals surface area contributed by atoms with Crippen LogP contribution in [-0.2, 0) is 21.2 Å². The van der Waals surface area contributed by atoms with Gasteiger partial charge in [0.25, 0.3) is 5.91 Å². The molecule has 1 saturated carbocycles. The number of anilines is 1. The van der Waals surface area contributed by atoms with Crippen LogP contribution < -0.4 is 10.6 Å². The van der Waals surface area contributed by atoms with Gasteiger partial charge >= 0.3 is 0 Å². The maximum Gasteiger partial charge on any atom is 0.251 e. The van der Waals surface area contributed by atoms with Crippen LogP contribution in [0.3, 0.4) is 0 Å². The zero-order valence-corrected chi connectivity index (χ0v) is 17.4. The summed E-state index contributed by atoms with van der Waals surface area (Å²) in [5.74, 6) is -1.39. The highest BCUT2D eigenvalue weighted by Gasteiger charge is 2.28. The van der Waals surface area contributed by atoms with E-state index in [4.69, 9.17) is 0 Å². The molecule has 2 N–H and O–H groups in total. The molecule has 2 amide bonds. The normalized spacial score (nSPS) is 14.4. The molecule has 0 spiro atoms. The van der Waals surface area contributed by atoms with Crippen molar-refractivity contribution in [1.29, 1.82) is 0 Å². The lowest BCUT2D eigenvalue weighted by Crippen LogP contribution is -2.25. The molecule has 0 aliphatic heterocycles. The van der Waals surface area contributed by atoms with Gasteiger partial charge in [0.15, 0.2) is 9.84 Å². The fraction of sp³-hybridized carbons (Fsp3) is 0.364. The van der Waals surface area contributed by atoms with E-state index in [1.54, 1.807) is 36.4 Å². The van der Waals surface area contributed by atoms with E-state index in [1.165, 1.54) is 12.1 Å². The van der Waals surface area contributed by atoms with Gasteiger partial charge in [0.1, 0.15) is 5.82 Å². The smallest absolute Gasteiger partial charge is 0.251 e. The van der Waals surface area contributed by atoms with Gasteiger partial charge < -0.3 is 10.6 Å². The molecule has 0 aromatic heterocycles. The summed E-state index contributed by atoms with van der Waals surface area (Å²) in [7, 11) is -3.26. The Labute approximate surface area is 175 Å². The molecule has 0 saturated heterocycles. The Balaban J connectivity index is 1.53. The highest BCUT2D eigenvalue weighted by atomic mass is 32.2. The SMILES string of the molecule is O=C(CCS(=O)(=O)C1CCCC1)Nc1cccc(C(=O)NCc2ccccc2F)c1. The van der Waals surface area contributed by atoms with E-state index in [0.29, 0.717) is 29.7 Å². The Bertz CT molecular complexity index is 1020. The number of sulfone groups is 1. The molecule has 1 aliphatic carbocycles. The molecule has 0 bridgehead atoms. The van der Waals surface area contributed by atoms with Gasteiger partial charge in [-0.05, 0) is 37.1 Å². The van der Waals surface area contributed by atoms with E-state index < -0.39 is 27.5 Å². The monoisotopic (exact) mass is 432 g/mol. The predicted molar refractivity (Wildman–Crippen MR) is 113 cm³/mol. The number of amides is 2. The zero-order chi connectivity index (χ0) is 21.6.